The van der Waals surface area contributed by atoms with E-state index in [2.05, 4.69) is 10.2 Å². The summed E-state index contributed by atoms with van der Waals surface area (Å²) in [5.74, 6) is 1.87. The first kappa shape index (κ1) is 23.7. The summed E-state index contributed by atoms with van der Waals surface area (Å²) in [6.45, 7) is 1.90. The van der Waals surface area contributed by atoms with E-state index in [1.165, 1.54) is 12.1 Å². The Balaban J connectivity index is 1.46. The van der Waals surface area contributed by atoms with Crippen molar-refractivity contribution in [2.24, 2.45) is 0 Å². The molecule has 1 fully saturated rings. The van der Waals surface area contributed by atoms with Gasteiger partial charge in [-0.2, -0.15) is 0 Å². The molecule has 11 heteroatoms. The fourth-order valence-electron chi connectivity index (χ4n) is 4.00. The van der Waals surface area contributed by atoms with Gasteiger partial charge in [0.1, 0.15) is 5.56 Å². The van der Waals surface area contributed by atoms with Gasteiger partial charge in [0.2, 0.25) is 5.75 Å². The molecule has 0 radical (unpaired) electrons. The third-order valence-electron chi connectivity index (χ3n) is 5.83. The number of carbonyl (C=O) groups is 1. The van der Waals surface area contributed by atoms with Crippen LogP contribution in [0, 0.1) is 10.1 Å². The molecule has 0 saturated carbocycles. The zero-order chi connectivity index (χ0) is 24.9. The van der Waals surface area contributed by atoms with Gasteiger partial charge in [0, 0.05) is 37.8 Å². The average Bonchev–Trinajstić information content (AvgIpc) is 2.91. The van der Waals surface area contributed by atoms with Crippen LogP contribution in [0.1, 0.15) is 10.4 Å². The van der Waals surface area contributed by atoms with Gasteiger partial charge in [0.05, 0.1) is 31.9 Å². The quantitative estimate of drug-likeness (QED) is 0.372. The second kappa shape index (κ2) is 10.2. The molecule has 0 bridgehead atoms. The van der Waals surface area contributed by atoms with Crippen molar-refractivity contribution in [2.75, 3.05) is 52.4 Å². The highest BCUT2D eigenvalue weighted by Crippen LogP contribution is 2.40. The number of rotatable bonds is 7. The number of amides is 1. The second-order valence-corrected chi connectivity index (χ2v) is 7.74. The summed E-state index contributed by atoms with van der Waals surface area (Å²) in [6.07, 6.45) is 0. The number of nitro benzene ring substituents is 1. The molecular weight excluding hydrogens is 454 g/mol. The Kier molecular flexibility index (Phi) is 6.95. The van der Waals surface area contributed by atoms with Crippen molar-refractivity contribution in [3.8, 4) is 28.5 Å². The summed E-state index contributed by atoms with van der Waals surface area (Å²) in [4.78, 5) is 27.2. The van der Waals surface area contributed by atoms with Crippen molar-refractivity contribution in [1.29, 1.82) is 0 Å². The summed E-state index contributed by atoms with van der Waals surface area (Å²) in [5, 5.41) is 20.0. The minimum atomic E-state index is -0.533. The van der Waals surface area contributed by atoms with Gasteiger partial charge in [-0.25, -0.2) is 0 Å². The first-order chi connectivity index (χ1) is 17.0. The van der Waals surface area contributed by atoms with Crippen molar-refractivity contribution < 1.29 is 23.9 Å². The number of piperazine rings is 1. The smallest absolute Gasteiger partial charge is 0.282 e. The first-order valence-electron chi connectivity index (χ1n) is 10.9. The van der Waals surface area contributed by atoms with E-state index in [4.69, 9.17) is 14.2 Å². The Hall–Kier alpha value is -4.41. The maximum atomic E-state index is 12.9. The molecule has 11 nitrogen and oxygen atoms in total. The average molecular weight is 479 g/mol. The van der Waals surface area contributed by atoms with Gasteiger partial charge in [-0.1, -0.05) is 12.1 Å². The summed E-state index contributed by atoms with van der Waals surface area (Å²) < 4.78 is 16.2. The van der Waals surface area contributed by atoms with E-state index in [0.29, 0.717) is 54.9 Å². The van der Waals surface area contributed by atoms with E-state index in [-0.39, 0.29) is 17.2 Å². The molecule has 182 valence electrons. The zero-order valence-electron chi connectivity index (χ0n) is 19.6. The van der Waals surface area contributed by atoms with Crippen LogP contribution in [0.25, 0.3) is 11.3 Å². The predicted molar refractivity (Wildman–Crippen MR) is 128 cm³/mol. The molecule has 2 aromatic carbocycles. The normalized spacial score (nSPS) is 13.3. The van der Waals surface area contributed by atoms with Crippen LogP contribution in [0.3, 0.4) is 0 Å². The minimum absolute atomic E-state index is 0.0976. The van der Waals surface area contributed by atoms with Crippen molar-refractivity contribution in [3.63, 3.8) is 0 Å². The molecule has 1 aromatic heterocycles. The van der Waals surface area contributed by atoms with Crippen molar-refractivity contribution >= 4 is 17.4 Å². The van der Waals surface area contributed by atoms with Crippen LogP contribution in [0.15, 0.2) is 48.5 Å². The van der Waals surface area contributed by atoms with Gasteiger partial charge in [0.25, 0.3) is 11.6 Å². The van der Waals surface area contributed by atoms with Gasteiger partial charge >= 0.3 is 0 Å². The summed E-state index contributed by atoms with van der Waals surface area (Å²) in [5.41, 5.74) is 1.31. The third-order valence-corrected chi connectivity index (χ3v) is 5.83. The maximum Gasteiger partial charge on any atom is 0.282 e. The highest BCUT2D eigenvalue weighted by molar-refractivity contribution is 5.98. The third kappa shape index (κ3) is 4.79. The largest absolute Gasteiger partial charge is 0.493 e. The monoisotopic (exact) mass is 479 g/mol. The molecule has 35 heavy (non-hydrogen) atoms. The van der Waals surface area contributed by atoms with E-state index in [1.807, 2.05) is 17.0 Å². The number of hydrogen-bond acceptors (Lipinski definition) is 9. The van der Waals surface area contributed by atoms with Crippen LogP contribution in [-0.4, -0.2) is 73.4 Å². The fourth-order valence-corrected chi connectivity index (χ4v) is 4.00. The molecular formula is C24H25N5O6. The summed E-state index contributed by atoms with van der Waals surface area (Å²) in [7, 11) is 4.65. The lowest BCUT2D eigenvalue weighted by molar-refractivity contribution is -0.385. The van der Waals surface area contributed by atoms with Gasteiger partial charge < -0.3 is 24.0 Å². The number of aromatic nitrogens is 2. The minimum Gasteiger partial charge on any atom is -0.493 e. The molecule has 1 amide bonds. The Morgan fingerprint density at radius 2 is 1.57 bits per heavy atom. The van der Waals surface area contributed by atoms with Gasteiger partial charge in [-0.15, -0.1) is 10.2 Å². The fraction of sp³-hybridized carbons (Fsp3) is 0.292. The van der Waals surface area contributed by atoms with Crippen molar-refractivity contribution in [1.82, 2.24) is 15.1 Å². The lowest BCUT2D eigenvalue weighted by Gasteiger charge is -2.35. The Bertz CT molecular complexity index is 1200. The van der Waals surface area contributed by atoms with Crippen LogP contribution in [0.2, 0.25) is 0 Å². The molecule has 1 saturated heterocycles. The highest BCUT2D eigenvalue weighted by Gasteiger charge is 2.27. The number of nitrogens with zero attached hydrogens (tertiary/aromatic N) is 5. The van der Waals surface area contributed by atoms with E-state index in [9.17, 15) is 14.9 Å². The summed E-state index contributed by atoms with van der Waals surface area (Å²) >= 11 is 0. The molecule has 1 aliphatic heterocycles. The highest BCUT2D eigenvalue weighted by atomic mass is 16.6. The molecule has 0 spiro atoms. The predicted octanol–water partition coefficient (Wildman–Crippen LogP) is 3.04. The second-order valence-electron chi connectivity index (χ2n) is 7.74. The number of para-hydroxylation sites is 1. The van der Waals surface area contributed by atoms with Crippen molar-refractivity contribution in [2.45, 2.75) is 0 Å². The van der Waals surface area contributed by atoms with Gasteiger partial charge in [-0.3, -0.25) is 14.9 Å². The zero-order valence-corrected chi connectivity index (χ0v) is 19.6. The number of methoxy groups -OCH3 is 3. The van der Waals surface area contributed by atoms with Gasteiger partial charge in [0.15, 0.2) is 17.3 Å². The van der Waals surface area contributed by atoms with Crippen LogP contribution >= 0.6 is 0 Å². The van der Waals surface area contributed by atoms with E-state index < -0.39 is 4.92 Å². The SMILES string of the molecule is COc1cc(-c2ccc(N3CCN(C(=O)c4ccccc4[N+](=O)[O-])CC3)nn2)cc(OC)c1OC. The summed E-state index contributed by atoms with van der Waals surface area (Å²) in [6, 6.07) is 13.3. The number of benzene rings is 2. The maximum absolute atomic E-state index is 12.9. The van der Waals surface area contributed by atoms with Crippen LogP contribution in [0.5, 0.6) is 17.2 Å². The van der Waals surface area contributed by atoms with Gasteiger partial charge in [-0.05, 0) is 30.3 Å². The van der Waals surface area contributed by atoms with E-state index in [1.54, 1.807) is 50.5 Å². The van der Waals surface area contributed by atoms with Crippen LogP contribution in [-0.2, 0) is 0 Å². The number of carbonyl (C=O) groups excluding carboxylic acids is 1. The molecule has 3 aromatic rings. The molecule has 0 N–H and O–H groups in total. The Labute approximate surface area is 202 Å². The number of ether oxygens (including phenoxy) is 3. The molecule has 4 rings (SSSR count). The molecule has 1 aliphatic rings. The lowest BCUT2D eigenvalue weighted by atomic mass is 10.1. The Morgan fingerprint density at radius 1 is 0.914 bits per heavy atom. The van der Waals surface area contributed by atoms with Crippen LogP contribution in [0.4, 0.5) is 11.5 Å². The Morgan fingerprint density at radius 3 is 2.11 bits per heavy atom. The van der Waals surface area contributed by atoms with Crippen LogP contribution < -0.4 is 19.1 Å². The van der Waals surface area contributed by atoms with Crippen molar-refractivity contribution in [3.05, 3.63) is 64.2 Å². The number of nitro groups is 1. The standard InChI is InChI=1S/C24H25N5O6/c1-33-20-14-16(15-21(34-2)23(20)35-3)18-8-9-22(26-25-18)27-10-12-28(13-11-27)24(30)17-6-4-5-7-19(17)29(31)32/h4-9,14-15H,10-13H2,1-3H3. The first-order valence-corrected chi connectivity index (χ1v) is 10.9. The molecule has 2 heterocycles. The molecule has 0 unspecified atom stereocenters. The van der Waals surface area contributed by atoms with E-state index in [0.717, 1.165) is 5.56 Å². The topological polar surface area (TPSA) is 120 Å². The lowest BCUT2D eigenvalue weighted by Crippen LogP contribution is -2.49. The van der Waals surface area contributed by atoms with E-state index >= 15 is 0 Å². The molecule has 0 aliphatic carbocycles. The molecule has 0 atom stereocenters. The number of hydrogen-bond donors (Lipinski definition) is 0. The number of anilines is 1.